The highest BCUT2D eigenvalue weighted by molar-refractivity contribution is 5.81. The fourth-order valence-corrected chi connectivity index (χ4v) is 1.15. The number of hydrogen-bond donors (Lipinski definition) is 1. The minimum atomic E-state index is 0.0295. The number of rotatable bonds is 7. The monoisotopic (exact) mass is 173 g/mol. The van der Waals surface area contributed by atoms with Crippen molar-refractivity contribution in [2.45, 2.75) is 32.2 Å². The highest BCUT2D eigenvalue weighted by Gasteiger charge is 2.09. The molecule has 0 aliphatic rings. The molecule has 3 heteroatoms. The van der Waals surface area contributed by atoms with E-state index in [-0.39, 0.29) is 11.8 Å². The highest BCUT2D eigenvalue weighted by Crippen LogP contribution is 2.01. The number of ether oxygens (including phenoxy) is 1. The third kappa shape index (κ3) is 5.27. The van der Waals surface area contributed by atoms with E-state index in [1.54, 1.807) is 14.0 Å². The van der Waals surface area contributed by atoms with Gasteiger partial charge in [-0.3, -0.25) is 4.79 Å². The van der Waals surface area contributed by atoms with Crippen molar-refractivity contribution >= 4 is 5.78 Å². The first kappa shape index (κ1) is 11.6. The molecule has 1 atom stereocenters. The van der Waals surface area contributed by atoms with Crippen molar-refractivity contribution in [3.63, 3.8) is 0 Å². The highest BCUT2D eigenvalue weighted by atomic mass is 16.5. The molecule has 0 spiro atoms. The molecule has 0 aromatic carbocycles. The van der Waals surface area contributed by atoms with Gasteiger partial charge in [-0.1, -0.05) is 0 Å². The van der Waals surface area contributed by atoms with E-state index in [1.807, 2.05) is 7.05 Å². The van der Waals surface area contributed by atoms with Gasteiger partial charge in [0.2, 0.25) is 0 Å². The number of nitrogens with one attached hydrogen (secondary N) is 1. The second-order valence-corrected chi connectivity index (χ2v) is 2.94. The van der Waals surface area contributed by atoms with Crippen molar-refractivity contribution < 1.29 is 9.53 Å². The normalized spacial score (nSPS) is 12.9. The Morgan fingerprint density at radius 2 is 2.17 bits per heavy atom. The Balaban J connectivity index is 3.38. The quantitative estimate of drug-likeness (QED) is 0.583. The summed E-state index contributed by atoms with van der Waals surface area (Å²) < 4.78 is 4.91. The van der Waals surface area contributed by atoms with E-state index in [2.05, 4.69) is 5.32 Å². The van der Waals surface area contributed by atoms with Gasteiger partial charge in [-0.2, -0.15) is 0 Å². The molecular weight excluding hydrogens is 154 g/mol. The lowest BCUT2D eigenvalue weighted by Crippen LogP contribution is -2.32. The van der Waals surface area contributed by atoms with Crippen molar-refractivity contribution in [1.29, 1.82) is 0 Å². The van der Waals surface area contributed by atoms with Gasteiger partial charge in [0.1, 0.15) is 5.78 Å². The summed E-state index contributed by atoms with van der Waals surface area (Å²) in [7, 11) is 3.52. The topological polar surface area (TPSA) is 38.3 Å². The lowest BCUT2D eigenvalue weighted by molar-refractivity contribution is -0.119. The largest absolute Gasteiger partial charge is 0.385 e. The second kappa shape index (κ2) is 7.25. The molecule has 0 amide bonds. The summed E-state index contributed by atoms with van der Waals surface area (Å²) in [6, 6.07) is 0.0295. The molecule has 0 aliphatic carbocycles. The van der Waals surface area contributed by atoms with Gasteiger partial charge in [0, 0.05) is 13.7 Å². The minimum absolute atomic E-state index is 0.0295. The molecule has 0 saturated carbocycles. The zero-order valence-electron chi connectivity index (χ0n) is 8.22. The minimum Gasteiger partial charge on any atom is -0.385 e. The fraction of sp³-hybridized carbons (Fsp3) is 0.889. The Morgan fingerprint density at radius 1 is 1.50 bits per heavy atom. The summed E-state index contributed by atoms with van der Waals surface area (Å²) in [4.78, 5) is 10.9. The van der Waals surface area contributed by atoms with Crippen LogP contribution >= 0.6 is 0 Å². The van der Waals surface area contributed by atoms with Gasteiger partial charge >= 0.3 is 0 Å². The Morgan fingerprint density at radius 3 is 2.58 bits per heavy atom. The van der Waals surface area contributed by atoms with Crippen molar-refractivity contribution in [3.05, 3.63) is 0 Å². The Hall–Kier alpha value is -0.410. The Kier molecular flexibility index (Phi) is 7.00. The third-order valence-corrected chi connectivity index (χ3v) is 1.93. The van der Waals surface area contributed by atoms with Crippen LogP contribution in [-0.4, -0.2) is 32.6 Å². The van der Waals surface area contributed by atoms with Crippen LogP contribution in [0.1, 0.15) is 26.2 Å². The van der Waals surface area contributed by atoms with Crippen LogP contribution in [-0.2, 0) is 9.53 Å². The van der Waals surface area contributed by atoms with Gasteiger partial charge < -0.3 is 10.1 Å². The molecular formula is C9H19NO2. The van der Waals surface area contributed by atoms with Gasteiger partial charge in [0.15, 0.2) is 0 Å². The van der Waals surface area contributed by atoms with E-state index >= 15 is 0 Å². The number of carbonyl (C=O) groups is 1. The second-order valence-electron chi connectivity index (χ2n) is 2.94. The summed E-state index contributed by atoms with van der Waals surface area (Å²) in [5.74, 6) is 0.218. The number of likely N-dealkylation sites (N-methyl/N-ethyl adjacent to an activating group) is 1. The maximum atomic E-state index is 10.9. The van der Waals surface area contributed by atoms with Crippen molar-refractivity contribution in [3.8, 4) is 0 Å². The molecule has 0 aromatic rings. The molecule has 72 valence electrons. The summed E-state index contributed by atoms with van der Waals surface area (Å²) >= 11 is 0. The number of methoxy groups -OCH3 is 1. The molecule has 0 heterocycles. The number of Topliss-reactive ketones (excluding diaryl/α,β-unsaturated/α-hetero) is 1. The van der Waals surface area contributed by atoms with E-state index < -0.39 is 0 Å². The van der Waals surface area contributed by atoms with Gasteiger partial charge in [0.25, 0.3) is 0 Å². The van der Waals surface area contributed by atoms with Crippen LogP contribution < -0.4 is 5.32 Å². The number of ketones is 1. The van der Waals surface area contributed by atoms with Gasteiger partial charge in [-0.25, -0.2) is 0 Å². The van der Waals surface area contributed by atoms with Crippen LogP contribution in [0.15, 0.2) is 0 Å². The zero-order valence-corrected chi connectivity index (χ0v) is 8.22. The van der Waals surface area contributed by atoms with Crippen LogP contribution in [0.25, 0.3) is 0 Å². The molecule has 0 radical (unpaired) electrons. The lowest BCUT2D eigenvalue weighted by Gasteiger charge is -2.11. The van der Waals surface area contributed by atoms with Crippen molar-refractivity contribution in [1.82, 2.24) is 5.32 Å². The molecule has 3 nitrogen and oxygen atoms in total. The zero-order chi connectivity index (χ0) is 9.40. The molecule has 0 aromatic heterocycles. The molecule has 0 fully saturated rings. The maximum absolute atomic E-state index is 10.9. The fourth-order valence-electron chi connectivity index (χ4n) is 1.15. The number of hydrogen-bond acceptors (Lipinski definition) is 3. The van der Waals surface area contributed by atoms with Gasteiger partial charge in [-0.15, -0.1) is 0 Å². The average Bonchev–Trinajstić information content (AvgIpc) is 2.04. The first-order valence-corrected chi connectivity index (χ1v) is 4.39. The summed E-state index contributed by atoms with van der Waals surface area (Å²) in [6.07, 6.45) is 2.98. The summed E-state index contributed by atoms with van der Waals surface area (Å²) in [6.45, 7) is 2.41. The van der Waals surface area contributed by atoms with Crippen molar-refractivity contribution in [2.75, 3.05) is 20.8 Å². The molecule has 0 aliphatic heterocycles. The van der Waals surface area contributed by atoms with Crippen LogP contribution in [0.5, 0.6) is 0 Å². The molecule has 0 bridgehead atoms. The Bertz CT molecular complexity index is 126. The molecule has 1 N–H and O–H groups in total. The lowest BCUT2D eigenvalue weighted by atomic mass is 10.1. The number of carbonyl (C=O) groups excluding carboxylic acids is 1. The third-order valence-electron chi connectivity index (χ3n) is 1.93. The molecule has 1 unspecified atom stereocenters. The van der Waals surface area contributed by atoms with Crippen LogP contribution in [0.3, 0.4) is 0 Å². The molecule has 0 rings (SSSR count). The SMILES string of the molecule is CNC(CCCCOC)C(C)=O. The summed E-state index contributed by atoms with van der Waals surface area (Å²) in [5, 5.41) is 2.99. The van der Waals surface area contributed by atoms with Gasteiger partial charge in [0.05, 0.1) is 6.04 Å². The van der Waals surface area contributed by atoms with E-state index in [0.717, 1.165) is 25.9 Å². The van der Waals surface area contributed by atoms with Crippen LogP contribution in [0.4, 0.5) is 0 Å². The van der Waals surface area contributed by atoms with E-state index in [4.69, 9.17) is 4.74 Å². The molecule has 12 heavy (non-hydrogen) atoms. The smallest absolute Gasteiger partial charge is 0.146 e. The predicted octanol–water partition coefficient (Wildman–Crippen LogP) is 0.980. The molecule has 0 saturated heterocycles. The van der Waals surface area contributed by atoms with E-state index in [0.29, 0.717) is 0 Å². The van der Waals surface area contributed by atoms with E-state index in [1.165, 1.54) is 0 Å². The van der Waals surface area contributed by atoms with Crippen LogP contribution in [0, 0.1) is 0 Å². The first-order chi connectivity index (χ1) is 5.72. The van der Waals surface area contributed by atoms with Crippen molar-refractivity contribution in [2.24, 2.45) is 0 Å². The van der Waals surface area contributed by atoms with E-state index in [9.17, 15) is 4.79 Å². The average molecular weight is 173 g/mol. The number of unbranched alkanes of at least 4 members (excludes halogenated alkanes) is 1. The predicted molar refractivity (Wildman–Crippen MR) is 49.3 cm³/mol. The standard InChI is InChI=1S/C9H19NO2/c1-8(11)9(10-2)6-4-5-7-12-3/h9-10H,4-7H2,1-3H3. The summed E-state index contributed by atoms with van der Waals surface area (Å²) in [5.41, 5.74) is 0. The Labute approximate surface area is 74.5 Å². The first-order valence-electron chi connectivity index (χ1n) is 4.39. The van der Waals surface area contributed by atoms with Gasteiger partial charge in [-0.05, 0) is 33.2 Å². The van der Waals surface area contributed by atoms with Crippen LogP contribution in [0.2, 0.25) is 0 Å². The maximum Gasteiger partial charge on any atom is 0.146 e.